The lowest BCUT2D eigenvalue weighted by atomic mass is 9.88. The number of halogens is 1. The van der Waals surface area contributed by atoms with Crippen LogP contribution in [0, 0.1) is 17.7 Å². The smallest absolute Gasteiger partial charge is 0.290 e. The number of ketones is 2. The number of nitrogens with one attached hydrogen (secondary N) is 3. The van der Waals surface area contributed by atoms with Crippen molar-refractivity contribution in [1.29, 1.82) is 0 Å². The predicted molar refractivity (Wildman–Crippen MR) is 142 cm³/mol. The molecule has 9 nitrogen and oxygen atoms in total. The van der Waals surface area contributed by atoms with Crippen molar-refractivity contribution in [2.45, 2.75) is 64.5 Å². The average molecular weight is 539 g/mol. The van der Waals surface area contributed by atoms with Crippen molar-refractivity contribution in [3.8, 4) is 0 Å². The SMILES string of the molecule is CC(C)(C)NC(=O)C(=O)[C@H](C[C@@H]1CCCNC1=O)NC(=O)[C@@H](CC(=O)c1cncc(F)c1)Cc1ccccc1. The minimum absolute atomic E-state index is 0.0249. The second kappa shape index (κ2) is 13.2. The van der Waals surface area contributed by atoms with E-state index in [9.17, 15) is 28.4 Å². The van der Waals surface area contributed by atoms with Gasteiger partial charge < -0.3 is 16.0 Å². The van der Waals surface area contributed by atoms with Gasteiger partial charge in [-0.15, -0.1) is 0 Å². The normalized spacial score (nSPS) is 16.9. The van der Waals surface area contributed by atoms with Crippen molar-refractivity contribution in [3.63, 3.8) is 0 Å². The molecule has 1 aromatic heterocycles. The number of hydrogen-bond donors (Lipinski definition) is 3. The average Bonchev–Trinajstić information content (AvgIpc) is 2.88. The van der Waals surface area contributed by atoms with Gasteiger partial charge in [0, 0.05) is 42.1 Å². The molecule has 3 rings (SSSR count). The number of benzene rings is 1. The summed E-state index contributed by atoms with van der Waals surface area (Å²) in [7, 11) is 0. The van der Waals surface area contributed by atoms with Crippen molar-refractivity contribution in [3.05, 3.63) is 65.7 Å². The molecule has 3 amide bonds. The van der Waals surface area contributed by atoms with Crippen LogP contribution in [0.5, 0.6) is 0 Å². The van der Waals surface area contributed by atoms with Gasteiger partial charge in [0.15, 0.2) is 5.78 Å². The molecule has 2 heterocycles. The lowest BCUT2D eigenvalue weighted by molar-refractivity contribution is -0.142. The van der Waals surface area contributed by atoms with Crippen molar-refractivity contribution >= 4 is 29.3 Å². The predicted octanol–water partition coefficient (Wildman–Crippen LogP) is 2.54. The number of carbonyl (C=O) groups excluding carboxylic acids is 5. The zero-order valence-corrected chi connectivity index (χ0v) is 22.5. The van der Waals surface area contributed by atoms with Gasteiger partial charge in [0.25, 0.3) is 5.91 Å². The van der Waals surface area contributed by atoms with Crippen LogP contribution in [-0.4, -0.2) is 52.4 Å². The number of carbonyl (C=O) groups is 5. The summed E-state index contributed by atoms with van der Waals surface area (Å²) in [5, 5.41) is 8.04. The summed E-state index contributed by atoms with van der Waals surface area (Å²) in [6, 6.07) is 8.82. The molecule has 2 aromatic rings. The molecule has 1 aliphatic rings. The molecule has 10 heteroatoms. The van der Waals surface area contributed by atoms with Gasteiger partial charge >= 0.3 is 0 Å². The van der Waals surface area contributed by atoms with Crippen LogP contribution >= 0.6 is 0 Å². The Morgan fingerprint density at radius 1 is 1.13 bits per heavy atom. The number of pyridine rings is 1. The van der Waals surface area contributed by atoms with Crippen LogP contribution < -0.4 is 16.0 Å². The van der Waals surface area contributed by atoms with E-state index in [0.717, 1.165) is 17.8 Å². The van der Waals surface area contributed by atoms with E-state index in [1.165, 1.54) is 6.20 Å². The highest BCUT2D eigenvalue weighted by Gasteiger charge is 2.36. The molecule has 1 aromatic carbocycles. The Labute approximate surface area is 227 Å². The molecule has 0 aliphatic carbocycles. The van der Waals surface area contributed by atoms with Crippen molar-refractivity contribution in [2.24, 2.45) is 11.8 Å². The molecule has 39 heavy (non-hydrogen) atoms. The summed E-state index contributed by atoms with van der Waals surface area (Å²) in [4.78, 5) is 68.7. The van der Waals surface area contributed by atoms with E-state index in [1.54, 1.807) is 45.0 Å². The monoisotopic (exact) mass is 538 g/mol. The second-order valence-corrected chi connectivity index (χ2v) is 10.9. The van der Waals surface area contributed by atoms with Crippen molar-refractivity contribution in [1.82, 2.24) is 20.9 Å². The number of piperidine rings is 1. The Hall–Kier alpha value is -3.95. The van der Waals surface area contributed by atoms with Crippen LogP contribution in [0.15, 0.2) is 48.8 Å². The van der Waals surface area contributed by atoms with E-state index >= 15 is 0 Å². The Balaban J connectivity index is 1.85. The summed E-state index contributed by atoms with van der Waals surface area (Å²) < 4.78 is 13.7. The van der Waals surface area contributed by atoms with E-state index in [4.69, 9.17) is 0 Å². The van der Waals surface area contributed by atoms with Crippen LogP contribution in [-0.2, 0) is 25.6 Å². The van der Waals surface area contributed by atoms with Gasteiger partial charge in [-0.2, -0.15) is 0 Å². The number of aromatic nitrogens is 1. The fourth-order valence-corrected chi connectivity index (χ4v) is 4.49. The van der Waals surface area contributed by atoms with Gasteiger partial charge in [0.05, 0.1) is 12.2 Å². The van der Waals surface area contributed by atoms with Crippen molar-refractivity contribution < 1.29 is 28.4 Å². The van der Waals surface area contributed by atoms with E-state index in [2.05, 4.69) is 20.9 Å². The molecule has 0 unspecified atom stereocenters. The fourth-order valence-electron chi connectivity index (χ4n) is 4.49. The van der Waals surface area contributed by atoms with Crippen LogP contribution in [0.4, 0.5) is 4.39 Å². The third-order valence-electron chi connectivity index (χ3n) is 6.42. The van der Waals surface area contributed by atoms with Crippen LogP contribution in [0.25, 0.3) is 0 Å². The zero-order chi connectivity index (χ0) is 28.6. The molecule has 0 spiro atoms. The molecule has 1 aliphatic heterocycles. The first-order chi connectivity index (χ1) is 18.4. The lowest BCUT2D eigenvalue weighted by Gasteiger charge is -2.28. The summed E-state index contributed by atoms with van der Waals surface area (Å²) in [5.74, 6) is -5.23. The first kappa shape index (κ1) is 29.6. The summed E-state index contributed by atoms with van der Waals surface area (Å²) >= 11 is 0. The molecule has 0 bridgehead atoms. The zero-order valence-electron chi connectivity index (χ0n) is 22.5. The van der Waals surface area contributed by atoms with Crippen LogP contribution in [0.2, 0.25) is 0 Å². The van der Waals surface area contributed by atoms with E-state index in [1.807, 2.05) is 6.07 Å². The molecule has 0 radical (unpaired) electrons. The van der Waals surface area contributed by atoms with Gasteiger partial charge in [-0.25, -0.2) is 4.39 Å². The third kappa shape index (κ3) is 9.08. The Kier molecular flexibility index (Phi) is 10.0. The topological polar surface area (TPSA) is 134 Å². The van der Waals surface area contributed by atoms with Gasteiger partial charge in [-0.05, 0) is 58.1 Å². The number of rotatable bonds is 11. The standard InChI is InChI=1S/C29H35FN4O5/c1-29(2,3)34-28(39)25(36)23(14-19-10-7-11-32-26(19)37)33-27(38)20(12-18-8-5-4-6-9-18)15-24(35)21-13-22(30)17-31-16-21/h4-6,8-9,13,16-17,19-20,23H,7,10-12,14-15H2,1-3H3,(H,32,37)(H,33,38)(H,34,39)/t19-,20+,23-/m0/s1. The molecule has 0 saturated carbocycles. The first-order valence-corrected chi connectivity index (χ1v) is 13.0. The summed E-state index contributed by atoms with van der Waals surface area (Å²) in [6.07, 6.45) is 3.29. The maximum atomic E-state index is 13.7. The van der Waals surface area contributed by atoms with E-state index in [0.29, 0.717) is 19.4 Å². The van der Waals surface area contributed by atoms with Gasteiger partial charge in [-0.3, -0.25) is 29.0 Å². The molecule has 208 valence electrons. The van der Waals surface area contributed by atoms with Crippen LogP contribution in [0.1, 0.15) is 62.4 Å². The molecular weight excluding hydrogens is 503 g/mol. The Bertz CT molecular complexity index is 1210. The largest absolute Gasteiger partial charge is 0.356 e. The van der Waals surface area contributed by atoms with E-state index < -0.39 is 52.6 Å². The Morgan fingerprint density at radius 2 is 1.85 bits per heavy atom. The Morgan fingerprint density at radius 3 is 2.49 bits per heavy atom. The second-order valence-electron chi connectivity index (χ2n) is 10.9. The highest BCUT2D eigenvalue weighted by atomic mass is 19.1. The number of Topliss-reactive ketones (excluding diaryl/α,β-unsaturated/α-hetero) is 2. The minimum atomic E-state index is -1.27. The first-order valence-electron chi connectivity index (χ1n) is 13.0. The summed E-state index contributed by atoms with van der Waals surface area (Å²) in [5.41, 5.74) is 0.116. The van der Waals surface area contributed by atoms with E-state index in [-0.39, 0.29) is 30.7 Å². The maximum absolute atomic E-state index is 13.7. The van der Waals surface area contributed by atoms with Gasteiger partial charge in [0.1, 0.15) is 5.82 Å². The van der Waals surface area contributed by atoms with Crippen molar-refractivity contribution in [2.75, 3.05) is 6.54 Å². The number of hydrogen-bond acceptors (Lipinski definition) is 6. The molecular formula is C29H35FN4O5. The lowest BCUT2D eigenvalue weighted by Crippen LogP contribution is -2.54. The van der Waals surface area contributed by atoms with Crippen LogP contribution in [0.3, 0.4) is 0 Å². The molecule has 3 N–H and O–H groups in total. The summed E-state index contributed by atoms with van der Waals surface area (Å²) in [6.45, 7) is 5.70. The minimum Gasteiger partial charge on any atom is -0.356 e. The van der Waals surface area contributed by atoms with Gasteiger partial charge in [0.2, 0.25) is 17.6 Å². The maximum Gasteiger partial charge on any atom is 0.290 e. The molecule has 3 atom stereocenters. The fraction of sp³-hybridized carbons (Fsp3) is 0.448. The highest BCUT2D eigenvalue weighted by Crippen LogP contribution is 2.21. The third-order valence-corrected chi connectivity index (χ3v) is 6.42. The van der Waals surface area contributed by atoms with Gasteiger partial charge in [-0.1, -0.05) is 30.3 Å². The molecule has 1 saturated heterocycles. The highest BCUT2D eigenvalue weighted by molar-refractivity contribution is 6.38. The number of nitrogens with zero attached hydrogens (tertiary/aromatic N) is 1. The number of amides is 3. The molecule has 1 fully saturated rings. The quantitative estimate of drug-likeness (QED) is 0.297.